The predicted molar refractivity (Wildman–Crippen MR) is 124 cm³/mol. The highest BCUT2D eigenvalue weighted by atomic mass is 16.1. The van der Waals surface area contributed by atoms with Crippen LogP contribution < -0.4 is 0 Å². The van der Waals surface area contributed by atoms with Crippen LogP contribution in [0.1, 0.15) is 67.2 Å². The Balaban J connectivity index is 1.27. The van der Waals surface area contributed by atoms with Crippen LogP contribution >= 0.6 is 0 Å². The quantitative estimate of drug-likeness (QED) is 0.516. The molecule has 0 aromatic heterocycles. The molecule has 1 heteroatoms. The zero-order valence-corrected chi connectivity index (χ0v) is 17.9. The molecule has 2 aromatic rings. The number of rotatable bonds is 6. The van der Waals surface area contributed by atoms with Gasteiger partial charge in [0.15, 0.2) is 0 Å². The van der Waals surface area contributed by atoms with E-state index >= 15 is 0 Å². The number of Topliss-reactive ketones (excluding diaryl/α,β-unsaturated/α-hetero) is 1. The fourth-order valence-electron chi connectivity index (χ4n) is 5.73. The van der Waals surface area contributed by atoms with Gasteiger partial charge in [0.1, 0.15) is 5.78 Å². The highest BCUT2D eigenvalue weighted by molar-refractivity contribution is 5.88. The lowest BCUT2D eigenvalue weighted by Gasteiger charge is -2.25. The summed E-state index contributed by atoms with van der Waals surface area (Å²) in [6, 6.07) is 17.3. The zero-order valence-electron chi connectivity index (χ0n) is 17.9. The van der Waals surface area contributed by atoms with Gasteiger partial charge in [-0.05, 0) is 71.9 Å². The number of aryl methyl sites for hydroxylation is 1. The summed E-state index contributed by atoms with van der Waals surface area (Å²) >= 11 is 0. The first-order valence-electron chi connectivity index (χ1n) is 11.6. The molecule has 0 saturated carbocycles. The van der Waals surface area contributed by atoms with Crippen molar-refractivity contribution in [3.63, 3.8) is 0 Å². The Morgan fingerprint density at radius 3 is 2.67 bits per heavy atom. The van der Waals surface area contributed by atoms with Gasteiger partial charge < -0.3 is 0 Å². The SMILES string of the molecule is CCC1C(CCC(=O)C2CCCc3ccccc32)=CC=C1C1=CCc2ccccc21. The van der Waals surface area contributed by atoms with E-state index in [0.29, 0.717) is 18.1 Å². The molecule has 5 rings (SSSR count). The second-order valence-electron chi connectivity index (χ2n) is 8.91. The van der Waals surface area contributed by atoms with E-state index in [1.165, 1.54) is 39.0 Å². The summed E-state index contributed by atoms with van der Waals surface area (Å²) in [5.74, 6) is 0.986. The number of fused-ring (bicyclic) bond motifs is 2. The van der Waals surface area contributed by atoms with Crippen molar-refractivity contribution in [2.24, 2.45) is 5.92 Å². The largest absolute Gasteiger partial charge is 0.299 e. The average molecular weight is 395 g/mol. The van der Waals surface area contributed by atoms with Crippen molar-refractivity contribution in [2.75, 3.05) is 0 Å². The minimum atomic E-state index is 0.105. The highest BCUT2D eigenvalue weighted by Crippen LogP contribution is 2.44. The number of ketones is 1. The Kier molecular flexibility index (Phi) is 5.29. The molecule has 0 spiro atoms. The molecule has 2 unspecified atom stereocenters. The molecular weight excluding hydrogens is 364 g/mol. The molecule has 0 radical (unpaired) electrons. The third-order valence-electron chi connectivity index (χ3n) is 7.27. The average Bonchev–Trinajstić information content (AvgIpc) is 3.40. The van der Waals surface area contributed by atoms with Crippen LogP contribution in [-0.4, -0.2) is 5.78 Å². The fourth-order valence-corrected chi connectivity index (χ4v) is 5.73. The molecule has 30 heavy (non-hydrogen) atoms. The Hall–Kier alpha value is -2.67. The first-order chi connectivity index (χ1) is 14.8. The van der Waals surface area contributed by atoms with Gasteiger partial charge in [-0.2, -0.15) is 0 Å². The minimum absolute atomic E-state index is 0.105. The van der Waals surface area contributed by atoms with Gasteiger partial charge in [0, 0.05) is 18.3 Å². The molecule has 2 atom stereocenters. The molecular formula is C29H30O. The van der Waals surface area contributed by atoms with Crippen LogP contribution in [0.3, 0.4) is 0 Å². The number of allylic oxidation sites excluding steroid dienone is 6. The van der Waals surface area contributed by atoms with E-state index in [0.717, 1.165) is 38.5 Å². The van der Waals surface area contributed by atoms with E-state index < -0.39 is 0 Å². The van der Waals surface area contributed by atoms with Gasteiger partial charge in [-0.1, -0.05) is 79.3 Å². The van der Waals surface area contributed by atoms with Gasteiger partial charge in [0.2, 0.25) is 0 Å². The Labute approximate surface area is 180 Å². The van der Waals surface area contributed by atoms with Crippen molar-refractivity contribution in [3.8, 4) is 0 Å². The maximum atomic E-state index is 13.2. The van der Waals surface area contributed by atoms with E-state index in [4.69, 9.17) is 0 Å². The molecule has 0 fully saturated rings. The summed E-state index contributed by atoms with van der Waals surface area (Å²) in [5, 5.41) is 0. The predicted octanol–water partition coefficient (Wildman–Crippen LogP) is 6.99. The first-order valence-corrected chi connectivity index (χ1v) is 11.6. The Bertz CT molecular complexity index is 1070. The lowest BCUT2D eigenvalue weighted by Crippen LogP contribution is -2.19. The monoisotopic (exact) mass is 394 g/mol. The molecule has 0 heterocycles. The van der Waals surface area contributed by atoms with Crippen molar-refractivity contribution in [3.05, 3.63) is 100 Å². The molecule has 3 aliphatic carbocycles. The van der Waals surface area contributed by atoms with Gasteiger partial charge >= 0.3 is 0 Å². The molecule has 0 N–H and O–H groups in total. The Morgan fingerprint density at radius 1 is 1.00 bits per heavy atom. The van der Waals surface area contributed by atoms with Gasteiger partial charge in [-0.15, -0.1) is 0 Å². The van der Waals surface area contributed by atoms with Gasteiger partial charge in [-0.25, -0.2) is 0 Å². The molecule has 0 aliphatic heterocycles. The number of carbonyl (C=O) groups excluding carboxylic acids is 1. The van der Waals surface area contributed by atoms with E-state index in [-0.39, 0.29) is 5.92 Å². The second-order valence-corrected chi connectivity index (χ2v) is 8.91. The molecule has 0 saturated heterocycles. The van der Waals surface area contributed by atoms with Gasteiger partial charge in [-0.3, -0.25) is 4.79 Å². The van der Waals surface area contributed by atoms with Crippen LogP contribution in [0.15, 0.2) is 77.9 Å². The van der Waals surface area contributed by atoms with Crippen LogP contribution in [0.5, 0.6) is 0 Å². The van der Waals surface area contributed by atoms with Crippen LogP contribution in [0, 0.1) is 5.92 Å². The van der Waals surface area contributed by atoms with Crippen LogP contribution in [0.4, 0.5) is 0 Å². The van der Waals surface area contributed by atoms with E-state index in [9.17, 15) is 4.79 Å². The molecule has 152 valence electrons. The highest BCUT2D eigenvalue weighted by Gasteiger charge is 2.29. The summed E-state index contributed by atoms with van der Waals surface area (Å²) in [5.41, 5.74) is 9.80. The van der Waals surface area contributed by atoms with Crippen molar-refractivity contribution in [2.45, 2.75) is 57.8 Å². The lowest BCUT2D eigenvalue weighted by atomic mass is 9.78. The third kappa shape index (κ3) is 3.41. The summed E-state index contributed by atoms with van der Waals surface area (Å²) < 4.78 is 0. The van der Waals surface area contributed by atoms with Crippen molar-refractivity contribution in [1.82, 2.24) is 0 Å². The number of hydrogen-bond donors (Lipinski definition) is 0. The van der Waals surface area contributed by atoms with E-state index in [1.807, 2.05) is 0 Å². The second kappa shape index (κ2) is 8.22. The first kappa shape index (κ1) is 19.3. The lowest BCUT2D eigenvalue weighted by molar-refractivity contribution is -0.120. The van der Waals surface area contributed by atoms with Crippen LogP contribution in [-0.2, 0) is 17.6 Å². The van der Waals surface area contributed by atoms with E-state index in [1.54, 1.807) is 0 Å². The topological polar surface area (TPSA) is 17.1 Å². The molecule has 3 aliphatic rings. The van der Waals surface area contributed by atoms with Gasteiger partial charge in [0.05, 0.1) is 0 Å². The van der Waals surface area contributed by atoms with Crippen molar-refractivity contribution in [1.29, 1.82) is 0 Å². The number of hydrogen-bond acceptors (Lipinski definition) is 1. The summed E-state index contributed by atoms with van der Waals surface area (Å²) in [7, 11) is 0. The molecule has 1 nitrogen and oxygen atoms in total. The maximum Gasteiger partial charge on any atom is 0.140 e. The van der Waals surface area contributed by atoms with Crippen LogP contribution in [0.2, 0.25) is 0 Å². The molecule has 2 aromatic carbocycles. The molecule has 0 bridgehead atoms. The number of carbonyl (C=O) groups is 1. The Morgan fingerprint density at radius 2 is 1.80 bits per heavy atom. The third-order valence-corrected chi connectivity index (χ3v) is 7.27. The number of benzene rings is 2. The normalized spacial score (nSPS) is 22.1. The fraction of sp³-hybridized carbons (Fsp3) is 0.345. The maximum absolute atomic E-state index is 13.2. The smallest absolute Gasteiger partial charge is 0.140 e. The summed E-state index contributed by atoms with van der Waals surface area (Å²) in [6.45, 7) is 2.28. The van der Waals surface area contributed by atoms with Crippen LogP contribution in [0.25, 0.3) is 5.57 Å². The van der Waals surface area contributed by atoms with Gasteiger partial charge in [0.25, 0.3) is 0 Å². The van der Waals surface area contributed by atoms with E-state index in [2.05, 4.69) is 73.7 Å². The summed E-state index contributed by atoms with van der Waals surface area (Å²) in [6.07, 6.45) is 14.0. The van der Waals surface area contributed by atoms with Crippen molar-refractivity contribution < 1.29 is 4.79 Å². The minimum Gasteiger partial charge on any atom is -0.299 e. The summed E-state index contributed by atoms with van der Waals surface area (Å²) in [4.78, 5) is 13.2. The van der Waals surface area contributed by atoms with Crippen molar-refractivity contribution >= 4 is 11.4 Å². The standard InChI is InChI=1S/C29H30O/c1-2-23-22(15-17-26(23)27-18-14-21-9-4-5-11-24(21)27)16-19-29(30)28-13-7-10-20-8-3-6-12-25(20)28/h3-6,8-9,11-12,15,17-18,23,28H,2,7,10,13-14,16,19H2,1H3. The molecule has 0 amide bonds. The zero-order chi connectivity index (χ0) is 20.5.